The van der Waals surface area contributed by atoms with Crippen LogP contribution in [0.25, 0.3) is 22.3 Å². The van der Waals surface area contributed by atoms with Gasteiger partial charge in [-0.2, -0.15) is 0 Å². The normalized spacial score (nSPS) is 19.6. The van der Waals surface area contributed by atoms with E-state index in [1.54, 1.807) is 0 Å². The van der Waals surface area contributed by atoms with Gasteiger partial charge in [-0.3, -0.25) is 0 Å². The number of hydrogen-bond donors (Lipinski definition) is 1. The van der Waals surface area contributed by atoms with Crippen molar-refractivity contribution in [2.45, 2.75) is 79.2 Å². The molecule has 4 nitrogen and oxygen atoms in total. The number of fused-ring (bicyclic) bond motifs is 4. The molecule has 3 aromatic carbocycles. The summed E-state index contributed by atoms with van der Waals surface area (Å²) in [5.74, 6) is -8.93. The first-order valence-electron chi connectivity index (χ1n) is 16.2. The topological polar surface area (TPSA) is 49.8 Å². The second kappa shape index (κ2) is 9.61. The van der Waals surface area contributed by atoms with Gasteiger partial charge in [0.05, 0.1) is 11.2 Å². The van der Waals surface area contributed by atoms with Crippen LogP contribution in [0.1, 0.15) is 105 Å². The number of aromatic carboxylic acids is 1. The Morgan fingerprint density at radius 2 is 1.49 bits per heavy atom. The molecule has 2 aliphatic carbocycles. The smallest absolute Gasteiger partial charge is 0.339 e. The van der Waals surface area contributed by atoms with Crippen molar-refractivity contribution in [1.29, 1.82) is 0 Å². The minimum atomic E-state index is -2.16. The SMILES string of the molecule is CC1=CC(C)(C)N2CCCc3c4c(cc1c32)C(c1c(F)c(F)c(F)c(F)c1C(=O)O)=c1cc2c3c(c1O4)CCCC=3C(C)(C)C=C2C. The number of carbonyl (C=O) groups is 1. The molecule has 47 heavy (non-hydrogen) atoms. The number of carboxylic acid groups (broad SMARTS) is 1. The maximum absolute atomic E-state index is 16.2. The van der Waals surface area contributed by atoms with Crippen molar-refractivity contribution in [2.24, 2.45) is 5.41 Å². The summed E-state index contributed by atoms with van der Waals surface area (Å²) >= 11 is 0. The summed E-state index contributed by atoms with van der Waals surface area (Å²) in [5.41, 5.74) is 5.50. The average molecular weight is 642 g/mol. The Morgan fingerprint density at radius 3 is 2.21 bits per heavy atom. The third-order valence-corrected chi connectivity index (χ3v) is 10.9. The van der Waals surface area contributed by atoms with E-state index in [9.17, 15) is 14.3 Å². The highest BCUT2D eigenvalue weighted by molar-refractivity contribution is 6.01. The van der Waals surface area contributed by atoms with E-state index < -0.39 is 40.4 Å². The van der Waals surface area contributed by atoms with Crippen molar-refractivity contribution in [3.63, 3.8) is 0 Å². The molecule has 1 N–H and O–H groups in total. The molecular weight excluding hydrogens is 606 g/mol. The van der Waals surface area contributed by atoms with Gasteiger partial charge in [0.1, 0.15) is 17.1 Å². The lowest BCUT2D eigenvalue weighted by Crippen LogP contribution is -2.48. The van der Waals surface area contributed by atoms with Crippen LogP contribution >= 0.6 is 0 Å². The van der Waals surface area contributed by atoms with E-state index in [2.05, 4.69) is 44.7 Å². The predicted molar refractivity (Wildman–Crippen MR) is 174 cm³/mol. The molecule has 0 spiro atoms. The van der Waals surface area contributed by atoms with Crippen molar-refractivity contribution < 1.29 is 32.2 Å². The van der Waals surface area contributed by atoms with Crippen LogP contribution in [0.4, 0.5) is 23.2 Å². The zero-order valence-electron chi connectivity index (χ0n) is 27.3. The highest BCUT2D eigenvalue weighted by Gasteiger charge is 2.42. The minimum absolute atomic E-state index is 0.00781. The maximum Gasteiger partial charge on any atom is 0.339 e. The van der Waals surface area contributed by atoms with Crippen molar-refractivity contribution in [3.8, 4) is 11.5 Å². The molecule has 0 amide bonds. The first-order chi connectivity index (χ1) is 22.1. The molecule has 0 aromatic heterocycles. The number of benzene rings is 3. The largest absolute Gasteiger partial charge is 0.478 e. The van der Waals surface area contributed by atoms with Crippen LogP contribution in [0, 0.1) is 28.7 Å². The van der Waals surface area contributed by atoms with Crippen molar-refractivity contribution in [2.75, 3.05) is 11.4 Å². The van der Waals surface area contributed by atoms with E-state index in [1.165, 1.54) is 5.57 Å². The van der Waals surface area contributed by atoms with E-state index >= 15 is 13.2 Å². The van der Waals surface area contributed by atoms with E-state index in [-0.39, 0.29) is 16.5 Å². The fraction of sp³-hybridized carbons (Fsp3) is 0.359. The van der Waals surface area contributed by atoms with Gasteiger partial charge in [0.15, 0.2) is 23.3 Å². The molecule has 8 rings (SSSR count). The highest BCUT2D eigenvalue weighted by atomic mass is 19.2. The molecule has 0 saturated carbocycles. The molecular formula is C39H35F4NO3. The van der Waals surface area contributed by atoms with Gasteiger partial charge in [-0.25, -0.2) is 22.4 Å². The number of hydrogen-bond acceptors (Lipinski definition) is 3. The second-order valence-electron chi connectivity index (χ2n) is 14.7. The summed E-state index contributed by atoms with van der Waals surface area (Å²) in [4.78, 5) is 14.9. The van der Waals surface area contributed by atoms with Gasteiger partial charge in [-0.05, 0) is 93.9 Å². The van der Waals surface area contributed by atoms with Crippen molar-refractivity contribution >= 4 is 33.9 Å². The van der Waals surface area contributed by atoms with Crippen LogP contribution in [0.15, 0.2) is 24.3 Å². The Balaban J connectivity index is 1.62. The van der Waals surface area contributed by atoms with Crippen molar-refractivity contribution in [1.82, 2.24) is 0 Å². The zero-order valence-corrected chi connectivity index (χ0v) is 27.3. The molecule has 0 radical (unpaired) electrons. The Hall–Kier alpha value is -4.33. The van der Waals surface area contributed by atoms with Gasteiger partial charge in [-0.15, -0.1) is 0 Å². The third-order valence-electron chi connectivity index (χ3n) is 10.9. The fourth-order valence-corrected chi connectivity index (χ4v) is 9.06. The summed E-state index contributed by atoms with van der Waals surface area (Å²) < 4.78 is 68.6. The fourth-order valence-electron chi connectivity index (χ4n) is 9.06. The first kappa shape index (κ1) is 30.0. The van der Waals surface area contributed by atoms with E-state index in [4.69, 9.17) is 4.74 Å². The van der Waals surface area contributed by atoms with Crippen LogP contribution in [0.5, 0.6) is 11.5 Å². The molecule has 8 heteroatoms. The number of ether oxygens (including phenoxy) is 1. The van der Waals surface area contributed by atoms with E-state index in [0.29, 0.717) is 35.1 Å². The monoisotopic (exact) mass is 641 g/mol. The summed E-state index contributed by atoms with van der Waals surface area (Å²) in [6, 6.07) is 3.66. The van der Waals surface area contributed by atoms with Crippen molar-refractivity contribution in [3.05, 3.63) is 96.9 Å². The van der Waals surface area contributed by atoms with Gasteiger partial charge >= 0.3 is 5.97 Å². The van der Waals surface area contributed by atoms with Crippen LogP contribution < -0.4 is 20.1 Å². The number of rotatable bonds is 2. The molecule has 242 valence electrons. The highest BCUT2D eigenvalue weighted by Crippen LogP contribution is 2.53. The summed E-state index contributed by atoms with van der Waals surface area (Å²) in [6.45, 7) is 13.4. The Morgan fingerprint density at radius 1 is 0.809 bits per heavy atom. The quantitative estimate of drug-likeness (QED) is 0.136. The van der Waals surface area contributed by atoms with E-state index in [0.717, 1.165) is 70.1 Å². The molecule has 0 fully saturated rings. The van der Waals surface area contributed by atoms with Crippen LogP contribution in [-0.4, -0.2) is 23.2 Å². The van der Waals surface area contributed by atoms with Gasteiger partial charge in [0.25, 0.3) is 0 Å². The Kier molecular flexibility index (Phi) is 6.14. The first-order valence-corrected chi connectivity index (χ1v) is 16.2. The molecule has 0 atom stereocenters. The lowest BCUT2D eigenvalue weighted by Gasteiger charge is -2.47. The van der Waals surface area contributed by atoms with Crippen LogP contribution in [-0.2, 0) is 12.8 Å². The molecule has 3 aliphatic heterocycles. The lowest BCUT2D eigenvalue weighted by molar-refractivity contribution is 0.0689. The average Bonchev–Trinajstić information content (AvgIpc) is 3.01. The minimum Gasteiger partial charge on any atom is -0.478 e. The number of anilines is 1. The standard InChI is InChI=1S/C39H35F4NO3/c1-17-15-38(3,4)25-11-7-9-19-26(25)21(17)13-23-27(28-29(37(45)46)31(41)33(43)32(42)30(28)40)24-14-22-18(2)16-39(5,6)44-12-8-10-20(34(22)44)36(24)47-35(19)23/h13-16H,7-12H2,1-6H3,(H,45,46). The molecule has 0 bridgehead atoms. The molecule has 0 unspecified atom stereocenters. The summed E-state index contributed by atoms with van der Waals surface area (Å²) in [6.07, 6.45) is 8.19. The third kappa shape index (κ3) is 3.90. The Bertz CT molecular complexity index is 2220. The Labute approximate surface area is 270 Å². The van der Waals surface area contributed by atoms with Gasteiger partial charge in [-0.1, -0.05) is 31.6 Å². The number of halogens is 4. The molecule has 3 aromatic rings. The van der Waals surface area contributed by atoms with Gasteiger partial charge in [0, 0.05) is 50.6 Å². The zero-order chi connectivity index (χ0) is 33.5. The number of nitrogens with zero attached hydrogens (tertiary/aromatic N) is 1. The predicted octanol–water partition coefficient (Wildman–Crippen LogP) is 8.17. The van der Waals surface area contributed by atoms with E-state index in [1.807, 2.05) is 26.0 Å². The second-order valence-corrected chi connectivity index (χ2v) is 14.7. The van der Waals surface area contributed by atoms with Crippen LogP contribution in [0.3, 0.4) is 0 Å². The maximum atomic E-state index is 16.2. The summed E-state index contributed by atoms with van der Waals surface area (Å²) in [5, 5.41) is 11.6. The number of carboxylic acids is 1. The lowest BCUT2D eigenvalue weighted by atomic mass is 9.70. The van der Waals surface area contributed by atoms with Gasteiger partial charge < -0.3 is 14.7 Å². The van der Waals surface area contributed by atoms with Crippen LogP contribution in [0.2, 0.25) is 0 Å². The molecule has 3 heterocycles. The molecule has 0 saturated heterocycles. The van der Waals surface area contributed by atoms with Gasteiger partial charge in [0.2, 0.25) is 0 Å². The molecule has 5 aliphatic rings. The number of allylic oxidation sites excluding steroid dienone is 3. The summed E-state index contributed by atoms with van der Waals surface area (Å²) in [7, 11) is 0.